The number of hydrogen-bond donors (Lipinski definition) is 2. The van der Waals surface area contributed by atoms with Gasteiger partial charge in [0, 0.05) is 12.1 Å². The van der Waals surface area contributed by atoms with Gasteiger partial charge in [0.2, 0.25) is 0 Å². The van der Waals surface area contributed by atoms with E-state index in [-0.39, 0.29) is 0 Å². The Morgan fingerprint density at radius 1 is 0.650 bits per heavy atom. The van der Waals surface area contributed by atoms with E-state index in [1.54, 1.807) is 0 Å². The van der Waals surface area contributed by atoms with Gasteiger partial charge in [0.05, 0.1) is 0 Å². The first-order valence-electron chi connectivity index (χ1n) is 8.38. The lowest BCUT2D eigenvalue weighted by atomic mass is 9.75. The van der Waals surface area contributed by atoms with Crippen LogP contribution < -0.4 is 11.5 Å². The molecule has 0 aliphatic carbocycles. The molecule has 0 heterocycles. The Hall–Kier alpha value is -0.0800. The van der Waals surface area contributed by atoms with E-state index >= 15 is 0 Å². The molecule has 0 aliphatic heterocycles. The highest BCUT2D eigenvalue weighted by Crippen LogP contribution is 2.31. The number of hydrogen-bond acceptors (Lipinski definition) is 2. The molecule has 2 heteroatoms. The Balaban J connectivity index is 3.98. The molecule has 0 saturated carbocycles. The summed E-state index contributed by atoms with van der Waals surface area (Å²) in [5, 5.41) is 0. The molecular weight excluding hydrogens is 244 g/mol. The van der Waals surface area contributed by atoms with Gasteiger partial charge < -0.3 is 11.5 Å². The highest BCUT2D eigenvalue weighted by Gasteiger charge is 2.27. The van der Waals surface area contributed by atoms with Crippen molar-refractivity contribution in [1.29, 1.82) is 0 Å². The Bertz CT molecular complexity index is 232. The second-order valence-corrected chi connectivity index (χ2v) is 8.92. The first-order chi connectivity index (χ1) is 8.87. The minimum absolute atomic E-state index is 0.302. The molecular formula is C18H40N2. The maximum absolute atomic E-state index is 6.32. The summed E-state index contributed by atoms with van der Waals surface area (Å²) in [6, 6.07) is 0.623. The van der Waals surface area contributed by atoms with E-state index in [9.17, 15) is 0 Å². The maximum atomic E-state index is 6.32. The van der Waals surface area contributed by atoms with Crippen molar-refractivity contribution in [3.8, 4) is 0 Å². The molecule has 4 N–H and O–H groups in total. The van der Waals surface area contributed by atoms with Gasteiger partial charge in [0.25, 0.3) is 0 Å². The fourth-order valence-electron chi connectivity index (χ4n) is 2.54. The van der Waals surface area contributed by atoms with Gasteiger partial charge in [-0.3, -0.25) is 0 Å². The second-order valence-electron chi connectivity index (χ2n) is 8.92. The van der Waals surface area contributed by atoms with Crippen molar-refractivity contribution in [2.24, 2.45) is 34.1 Å². The lowest BCUT2D eigenvalue weighted by Gasteiger charge is -2.33. The zero-order valence-corrected chi connectivity index (χ0v) is 15.3. The summed E-state index contributed by atoms with van der Waals surface area (Å²) in [7, 11) is 0. The van der Waals surface area contributed by atoms with E-state index in [0.29, 0.717) is 34.7 Å². The molecule has 122 valence electrons. The monoisotopic (exact) mass is 284 g/mol. The van der Waals surface area contributed by atoms with Crippen molar-refractivity contribution in [3.05, 3.63) is 0 Å². The van der Waals surface area contributed by atoms with Crippen LogP contribution in [0.4, 0.5) is 0 Å². The maximum Gasteiger partial charge on any atom is 0.00695 e. The third-order valence-corrected chi connectivity index (χ3v) is 5.34. The van der Waals surface area contributed by atoms with Gasteiger partial charge in [0.1, 0.15) is 0 Å². The molecule has 0 aromatic heterocycles. The molecule has 0 saturated heterocycles. The van der Waals surface area contributed by atoms with E-state index in [4.69, 9.17) is 11.5 Å². The van der Waals surface area contributed by atoms with Gasteiger partial charge in [-0.05, 0) is 35.5 Å². The van der Waals surface area contributed by atoms with Crippen LogP contribution in [-0.4, -0.2) is 12.1 Å². The molecule has 0 radical (unpaired) electrons. The van der Waals surface area contributed by atoms with Crippen LogP contribution in [0.25, 0.3) is 0 Å². The summed E-state index contributed by atoms with van der Waals surface area (Å²) in [5.41, 5.74) is 13.2. The summed E-state index contributed by atoms with van der Waals surface area (Å²) >= 11 is 0. The molecule has 0 spiro atoms. The van der Waals surface area contributed by atoms with Crippen LogP contribution >= 0.6 is 0 Å². The molecule has 0 bridgehead atoms. The van der Waals surface area contributed by atoms with Crippen LogP contribution in [0, 0.1) is 22.7 Å². The van der Waals surface area contributed by atoms with Gasteiger partial charge in [0.15, 0.2) is 0 Å². The molecule has 0 rings (SSSR count). The number of unbranched alkanes of at least 4 members (excludes halogenated alkanes) is 1. The largest absolute Gasteiger partial charge is 0.327 e. The van der Waals surface area contributed by atoms with Gasteiger partial charge in [-0.25, -0.2) is 0 Å². The first-order valence-corrected chi connectivity index (χ1v) is 8.38. The second kappa shape index (κ2) is 7.79. The predicted molar refractivity (Wildman–Crippen MR) is 91.7 cm³/mol. The molecule has 4 unspecified atom stereocenters. The molecule has 0 aromatic rings. The van der Waals surface area contributed by atoms with Crippen LogP contribution in [0.1, 0.15) is 81.1 Å². The molecule has 0 aromatic carbocycles. The summed E-state index contributed by atoms with van der Waals surface area (Å²) in [6.45, 7) is 18.2. The predicted octanol–water partition coefficient (Wildman–Crippen LogP) is 4.57. The van der Waals surface area contributed by atoms with E-state index in [2.05, 4.69) is 55.4 Å². The van der Waals surface area contributed by atoms with E-state index < -0.39 is 0 Å². The summed E-state index contributed by atoms with van der Waals surface area (Å²) in [5.74, 6) is 1.12. The smallest absolute Gasteiger partial charge is 0.00695 e. The van der Waals surface area contributed by atoms with Crippen molar-refractivity contribution < 1.29 is 0 Å². The topological polar surface area (TPSA) is 52.0 Å². The fourth-order valence-corrected chi connectivity index (χ4v) is 2.54. The molecule has 20 heavy (non-hydrogen) atoms. The summed E-state index contributed by atoms with van der Waals surface area (Å²) in [4.78, 5) is 0. The standard InChI is InChI=1S/C18H40N2/c1-13(17(3,4)5)15(19)11-9-10-12-16(20)14(2)18(6,7)8/h13-16H,9-12,19-20H2,1-8H3. The van der Waals surface area contributed by atoms with Gasteiger partial charge >= 0.3 is 0 Å². The van der Waals surface area contributed by atoms with Crippen LogP contribution in [-0.2, 0) is 0 Å². The minimum atomic E-state index is 0.302. The molecule has 0 fully saturated rings. The van der Waals surface area contributed by atoms with Crippen LogP contribution in [0.2, 0.25) is 0 Å². The van der Waals surface area contributed by atoms with Crippen LogP contribution in [0.5, 0.6) is 0 Å². The molecule has 0 aliphatic rings. The summed E-state index contributed by atoms with van der Waals surface area (Å²) in [6.07, 6.45) is 4.64. The van der Waals surface area contributed by atoms with E-state index in [0.717, 1.165) is 12.8 Å². The first kappa shape index (κ1) is 19.9. The Morgan fingerprint density at radius 3 is 1.10 bits per heavy atom. The van der Waals surface area contributed by atoms with Crippen molar-refractivity contribution in [3.63, 3.8) is 0 Å². The van der Waals surface area contributed by atoms with Crippen molar-refractivity contribution in [2.75, 3.05) is 0 Å². The molecule has 0 amide bonds. The zero-order valence-electron chi connectivity index (χ0n) is 15.3. The lowest BCUT2D eigenvalue weighted by Crippen LogP contribution is -2.37. The van der Waals surface area contributed by atoms with Crippen LogP contribution in [0.3, 0.4) is 0 Å². The Labute approximate surface area is 128 Å². The van der Waals surface area contributed by atoms with Gasteiger partial charge in [-0.15, -0.1) is 0 Å². The highest BCUT2D eigenvalue weighted by atomic mass is 14.7. The quantitative estimate of drug-likeness (QED) is 0.673. The minimum Gasteiger partial charge on any atom is -0.327 e. The Kier molecular flexibility index (Phi) is 7.76. The summed E-state index contributed by atoms with van der Waals surface area (Å²) < 4.78 is 0. The van der Waals surface area contributed by atoms with E-state index in [1.165, 1.54) is 12.8 Å². The van der Waals surface area contributed by atoms with Crippen molar-refractivity contribution in [2.45, 2.75) is 93.2 Å². The third-order valence-electron chi connectivity index (χ3n) is 5.34. The van der Waals surface area contributed by atoms with Crippen molar-refractivity contribution >= 4 is 0 Å². The zero-order chi connectivity index (χ0) is 16.1. The lowest BCUT2D eigenvalue weighted by molar-refractivity contribution is 0.203. The van der Waals surface area contributed by atoms with Gasteiger partial charge in [-0.1, -0.05) is 68.2 Å². The fraction of sp³-hybridized carbons (Fsp3) is 1.00. The molecule has 2 nitrogen and oxygen atoms in total. The third kappa shape index (κ3) is 7.08. The highest BCUT2D eigenvalue weighted by molar-refractivity contribution is 4.81. The Morgan fingerprint density at radius 2 is 0.900 bits per heavy atom. The van der Waals surface area contributed by atoms with Gasteiger partial charge in [-0.2, -0.15) is 0 Å². The van der Waals surface area contributed by atoms with Crippen LogP contribution in [0.15, 0.2) is 0 Å². The van der Waals surface area contributed by atoms with E-state index in [1.807, 2.05) is 0 Å². The normalized spacial score (nSPS) is 19.5. The average Bonchev–Trinajstić information content (AvgIpc) is 2.29. The van der Waals surface area contributed by atoms with Crippen molar-refractivity contribution in [1.82, 2.24) is 0 Å². The SMILES string of the molecule is CC(C(N)CCCCC(N)C(C)C(C)(C)C)C(C)(C)C. The molecule has 4 atom stereocenters. The number of rotatable bonds is 7. The number of nitrogens with two attached hydrogens (primary N) is 2. The average molecular weight is 285 g/mol.